The van der Waals surface area contributed by atoms with E-state index in [2.05, 4.69) is 16.9 Å². The van der Waals surface area contributed by atoms with Crippen molar-refractivity contribution >= 4 is 5.78 Å². The van der Waals surface area contributed by atoms with Crippen molar-refractivity contribution in [2.75, 3.05) is 14.2 Å². The Kier molecular flexibility index (Phi) is 4.53. The number of nitrogens with zero attached hydrogens (tertiary/aromatic N) is 2. The smallest absolute Gasteiger partial charge is 0.133 e. The zero-order valence-electron chi connectivity index (χ0n) is 12.0. The molecular formula is C15H22N2O2. The lowest BCUT2D eigenvalue weighted by atomic mass is 9.93. The molecule has 0 aliphatic heterocycles. The number of aromatic nitrogens is 1. The van der Waals surface area contributed by atoms with Gasteiger partial charge in [0.25, 0.3) is 0 Å². The molecule has 0 saturated heterocycles. The number of ether oxygens (including phenoxy) is 1. The van der Waals surface area contributed by atoms with Gasteiger partial charge in [0.15, 0.2) is 0 Å². The Hall–Kier alpha value is -1.42. The van der Waals surface area contributed by atoms with Crippen molar-refractivity contribution in [3.63, 3.8) is 0 Å². The maximum Gasteiger partial charge on any atom is 0.133 e. The second kappa shape index (κ2) is 6.15. The molecule has 0 atom stereocenters. The van der Waals surface area contributed by atoms with Crippen LogP contribution in [-0.4, -0.2) is 35.9 Å². The van der Waals surface area contributed by atoms with Gasteiger partial charge < -0.3 is 4.74 Å². The van der Waals surface area contributed by atoms with Crippen molar-refractivity contribution < 1.29 is 9.53 Å². The summed E-state index contributed by atoms with van der Waals surface area (Å²) in [6, 6.07) is 4.41. The van der Waals surface area contributed by atoms with Crippen LogP contribution in [0.2, 0.25) is 0 Å². The standard InChI is InChI=1S/C15H22N2O2/c1-11-8-15(19-3)9-12(16-11)10-17(2)13-4-6-14(18)7-5-13/h8-9,13H,4-7,10H2,1-3H3. The van der Waals surface area contributed by atoms with Gasteiger partial charge in [-0.1, -0.05) is 0 Å². The first kappa shape index (κ1) is 14.0. The normalized spacial score (nSPS) is 16.9. The second-order valence-electron chi connectivity index (χ2n) is 5.32. The number of hydrogen-bond donors (Lipinski definition) is 0. The molecule has 0 unspecified atom stereocenters. The van der Waals surface area contributed by atoms with Gasteiger partial charge in [-0.25, -0.2) is 0 Å². The van der Waals surface area contributed by atoms with Crippen LogP contribution in [0.15, 0.2) is 12.1 Å². The fraction of sp³-hybridized carbons (Fsp3) is 0.600. The summed E-state index contributed by atoms with van der Waals surface area (Å²) in [5.74, 6) is 1.26. The molecule has 0 amide bonds. The zero-order valence-corrected chi connectivity index (χ0v) is 12.0. The van der Waals surface area contributed by atoms with Gasteiger partial charge >= 0.3 is 0 Å². The van der Waals surface area contributed by atoms with E-state index in [0.717, 1.165) is 49.4 Å². The maximum absolute atomic E-state index is 11.3. The minimum absolute atomic E-state index is 0.403. The molecule has 0 radical (unpaired) electrons. The van der Waals surface area contributed by atoms with Gasteiger partial charge in [-0.3, -0.25) is 14.7 Å². The first-order valence-electron chi connectivity index (χ1n) is 6.82. The monoisotopic (exact) mass is 262 g/mol. The fourth-order valence-corrected chi connectivity index (χ4v) is 2.65. The Morgan fingerprint density at radius 1 is 1.37 bits per heavy atom. The van der Waals surface area contributed by atoms with E-state index in [0.29, 0.717) is 11.8 Å². The third-order valence-electron chi connectivity index (χ3n) is 3.76. The third-order valence-corrected chi connectivity index (χ3v) is 3.76. The summed E-state index contributed by atoms with van der Waals surface area (Å²) < 4.78 is 5.27. The second-order valence-corrected chi connectivity index (χ2v) is 5.32. The van der Waals surface area contributed by atoms with Gasteiger partial charge in [0.05, 0.1) is 12.8 Å². The van der Waals surface area contributed by atoms with Crippen LogP contribution in [0.4, 0.5) is 0 Å². The number of aryl methyl sites for hydroxylation is 1. The van der Waals surface area contributed by atoms with Crippen molar-refractivity contribution in [3.05, 3.63) is 23.5 Å². The zero-order chi connectivity index (χ0) is 13.8. The molecule has 1 saturated carbocycles. The van der Waals surface area contributed by atoms with E-state index in [1.807, 2.05) is 19.1 Å². The summed E-state index contributed by atoms with van der Waals surface area (Å²) in [5, 5.41) is 0. The molecule has 1 aromatic rings. The Balaban J connectivity index is 2.00. The molecule has 4 heteroatoms. The van der Waals surface area contributed by atoms with Crippen molar-refractivity contribution in [2.24, 2.45) is 0 Å². The highest BCUT2D eigenvalue weighted by molar-refractivity contribution is 5.79. The van der Waals surface area contributed by atoms with E-state index in [4.69, 9.17) is 4.74 Å². The number of Topliss-reactive ketones (excluding diaryl/α,β-unsaturated/α-hetero) is 1. The number of rotatable bonds is 4. The first-order chi connectivity index (χ1) is 9.08. The maximum atomic E-state index is 11.3. The van der Waals surface area contributed by atoms with Crippen molar-refractivity contribution in [1.82, 2.24) is 9.88 Å². The SMILES string of the molecule is COc1cc(C)nc(CN(C)C2CCC(=O)CC2)c1. The Bertz CT molecular complexity index is 449. The molecule has 1 aliphatic rings. The van der Waals surface area contributed by atoms with E-state index in [1.54, 1.807) is 7.11 Å². The number of methoxy groups -OCH3 is 1. The van der Waals surface area contributed by atoms with Crippen molar-refractivity contribution in [2.45, 2.75) is 45.2 Å². The molecule has 0 N–H and O–H groups in total. The van der Waals surface area contributed by atoms with Crippen molar-refractivity contribution in [3.8, 4) is 5.75 Å². The topological polar surface area (TPSA) is 42.4 Å². The quantitative estimate of drug-likeness (QED) is 0.835. The summed E-state index contributed by atoms with van der Waals surface area (Å²) in [5.41, 5.74) is 2.00. The van der Waals surface area contributed by atoms with E-state index in [9.17, 15) is 4.79 Å². The van der Waals surface area contributed by atoms with Crippen LogP contribution < -0.4 is 4.74 Å². The molecule has 1 heterocycles. The van der Waals surface area contributed by atoms with E-state index >= 15 is 0 Å². The number of hydrogen-bond acceptors (Lipinski definition) is 4. The summed E-state index contributed by atoms with van der Waals surface area (Å²) in [6.07, 6.45) is 3.38. The average Bonchev–Trinajstić information content (AvgIpc) is 2.38. The van der Waals surface area contributed by atoms with Crippen LogP contribution in [0.1, 0.15) is 37.1 Å². The summed E-state index contributed by atoms with van der Waals surface area (Å²) in [6.45, 7) is 2.78. The van der Waals surface area contributed by atoms with Gasteiger partial charge in [-0.2, -0.15) is 0 Å². The van der Waals surface area contributed by atoms with Crippen LogP contribution in [0.25, 0.3) is 0 Å². The van der Waals surface area contributed by atoms with Crippen LogP contribution in [0.3, 0.4) is 0 Å². The molecule has 1 fully saturated rings. The number of carbonyl (C=O) groups excluding carboxylic acids is 1. The van der Waals surface area contributed by atoms with E-state index < -0.39 is 0 Å². The Morgan fingerprint density at radius 3 is 2.68 bits per heavy atom. The predicted octanol–water partition coefficient (Wildman–Crippen LogP) is 2.34. The van der Waals surface area contributed by atoms with Crippen LogP contribution in [0.5, 0.6) is 5.75 Å². The molecule has 0 bridgehead atoms. The third kappa shape index (κ3) is 3.77. The molecule has 0 spiro atoms. The highest BCUT2D eigenvalue weighted by atomic mass is 16.5. The molecule has 4 nitrogen and oxygen atoms in total. The fourth-order valence-electron chi connectivity index (χ4n) is 2.65. The lowest BCUT2D eigenvalue weighted by Gasteiger charge is -2.30. The van der Waals surface area contributed by atoms with Crippen LogP contribution in [-0.2, 0) is 11.3 Å². The first-order valence-corrected chi connectivity index (χ1v) is 6.82. The van der Waals surface area contributed by atoms with Gasteiger partial charge in [0.1, 0.15) is 11.5 Å². The molecule has 0 aromatic carbocycles. The average molecular weight is 262 g/mol. The molecule has 2 rings (SSSR count). The summed E-state index contributed by atoms with van der Waals surface area (Å²) in [4.78, 5) is 18.1. The molecular weight excluding hydrogens is 240 g/mol. The summed E-state index contributed by atoms with van der Waals surface area (Å²) in [7, 11) is 3.78. The van der Waals surface area contributed by atoms with E-state index in [1.165, 1.54) is 0 Å². The van der Waals surface area contributed by atoms with Crippen LogP contribution in [0, 0.1) is 6.92 Å². The number of ketones is 1. The van der Waals surface area contributed by atoms with Gasteiger partial charge in [-0.05, 0) is 26.8 Å². The highest BCUT2D eigenvalue weighted by Crippen LogP contribution is 2.21. The largest absolute Gasteiger partial charge is 0.497 e. The summed E-state index contributed by atoms with van der Waals surface area (Å²) >= 11 is 0. The van der Waals surface area contributed by atoms with Gasteiger partial charge in [-0.15, -0.1) is 0 Å². The minimum atomic E-state index is 0.403. The number of carbonyl (C=O) groups is 1. The molecule has 104 valence electrons. The number of pyridine rings is 1. The van der Waals surface area contributed by atoms with Crippen LogP contribution >= 0.6 is 0 Å². The highest BCUT2D eigenvalue weighted by Gasteiger charge is 2.22. The van der Waals surface area contributed by atoms with E-state index in [-0.39, 0.29) is 0 Å². The molecule has 1 aliphatic carbocycles. The Morgan fingerprint density at radius 2 is 2.05 bits per heavy atom. The van der Waals surface area contributed by atoms with Gasteiger partial charge in [0, 0.05) is 43.3 Å². The Labute approximate surface area is 114 Å². The molecule has 19 heavy (non-hydrogen) atoms. The van der Waals surface area contributed by atoms with Gasteiger partial charge in [0.2, 0.25) is 0 Å². The minimum Gasteiger partial charge on any atom is -0.497 e. The van der Waals surface area contributed by atoms with Crippen molar-refractivity contribution in [1.29, 1.82) is 0 Å². The lowest BCUT2D eigenvalue weighted by Crippen LogP contribution is -2.35. The predicted molar refractivity (Wildman–Crippen MR) is 74.3 cm³/mol. The lowest BCUT2D eigenvalue weighted by molar-refractivity contribution is -0.121. The molecule has 1 aromatic heterocycles.